The van der Waals surface area contributed by atoms with E-state index in [-0.39, 0.29) is 5.91 Å². The summed E-state index contributed by atoms with van der Waals surface area (Å²) in [5.74, 6) is 0.635. The van der Waals surface area contributed by atoms with Crippen molar-refractivity contribution >= 4 is 44.2 Å². The number of ether oxygens (including phenoxy) is 1. The Labute approximate surface area is 178 Å². The number of benzene rings is 3. The molecule has 0 N–H and O–H groups in total. The minimum atomic E-state index is -0.109. The zero-order valence-corrected chi connectivity index (χ0v) is 17.4. The molecule has 29 heavy (non-hydrogen) atoms. The predicted molar refractivity (Wildman–Crippen MR) is 119 cm³/mol. The number of thiazole rings is 1. The molecular formula is C23H19ClN2O2S. The van der Waals surface area contributed by atoms with Crippen molar-refractivity contribution in [1.29, 1.82) is 0 Å². The minimum absolute atomic E-state index is 0.109. The molecule has 0 unspecified atom stereocenters. The molecule has 0 aliphatic rings. The topological polar surface area (TPSA) is 42.4 Å². The number of hydrogen-bond donors (Lipinski definition) is 0. The Morgan fingerprint density at radius 1 is 1.07 bits per heavy atom. The monoisotopic (exact) mass is 422 g/mol. The summed E-state index contributed by atoms with van der Waals surface area (Å²) < 4.78 is 6.43. The van der Waals surface area contributed by atoms with Crippen molar-refractivity contribution in [3.05, 3.63) is 88.9 Å². The number of fused-ring (bicyclic) bond motifs is 1. The molecule has 0 radical (unpaired) electrons. The molecule has 146 valence electrons. The Balaban J connectivity index is 1.71. The highest BCUT2D eigenvalue weighted by atomic mass is 35.5. The van der Waals surface area contributed by atoms with E-state index in [4.69, 9.17) is 16.3 Å². The summed E-state index contributed by atoms with van der Waals surface area (Å²) in [6, 6.07) is 22.7. The van der Waals surface area contributed by atoms with Crippen LogP contribution in [0.25, 0.3) is 10.2 Å². The zero-order valence-electron chi connectivity index (χ0n) is 15.8. The molecule has 1 amide bonds. The molecule has 3 aromatic carbocycles. The highest BCUT2D eigenvalue weighted by Gasteiger charge is 2.22. The summed E-state index contributed by atoms with van der Waals surface area (Å²) in [6.45, 7) is 2.95. The van der Waals surface area contributed by atoms with E-state index in [2.05, 4.69) is 4.98 Å². The van der Waals surface area contributed by atoms with E-state index in [1.807, 2.05) is 67.6 Å². The first kappa shape index (κ1) is 19.4. The Hall–Kier alpha value is -2.89. The Kier molecular flexibility index (Phi) is 5.79. The van der Waals surface area contributed by atoms with Crippen molar-refractivity contribution in [3.8, 4) is 5.75 Å². The number of aromatic nitrogens is 1. The van der Waals surface area contributed by atoms with Crippen molar-refractivity contribution in [2.75, 3.05) is 11.5 Å². The summed E-state index contributed by atoms with van der Waals surface area (Å²) in [7, 11) is 0. The van der Waals surface area contributed by atoms with Gasteiger partial charge in [-0.05, 0) is 55.0 Å². The van der Waals surface area contributed by atoms with Crippen LogP contribution in [-0.4, -0.2) is 17.5 Å². The highest BCUT2D eigenvalue weighted by Crippen LogP contribution is 2.32. The second-order valence-corrected chi connectivity index (χ2v) is 7.89. The van der Waals surface area contributed by atoms with Gasteiger partial charge in [0, 0.05) is 10.6 Å². The average molecular weight is 423 g/mol. The van der Waals surface area contributed by atoms with Gasteiger partial charge in [0.25, 0.3) is 5.91 Å². The average Bonchev–Trinajstić information content (AvgIpc) is 3.16. The lowest BCUT2D eigenvalue weighted by Crippen LogP contribution is -2.30. The van der Waals surface area contributed by atoms with Crippen molar-refractivity contribution in [3.63, 3.8) is 0 Å². The number of halogens is 1. The number of nitrogens with zero attached hydrogens (tertiary/aromatic N) is 2. The molecule has 0 bridgehead atoms. The number of rotatable bonds is 6. The van der Waals surface area contributed by atoms with E-state index in [1.165, 1.54) is 11.3 Å². The molecule has 0 aliphatic heterocycles. The molecule has 6 heteroatoms. The van der Waals surface area contributed by atoms with Gasteiger partial charge in [-0.15, -0.1) is 0 Å². The Morgan fingerprint density at radius 3 is 2.55 bits per heavy atom. The van der Waals surface area contributed by atoms with Gasteiger partial charge in [0.1, 0.15) is 5.75 Å². The van der Waals surface area contributed by atoms with E-state index in [1.54, 1.807) is 17.0 Å². The summed E-state index contributed by atoms with van der Waals surface area (Å²) in [5, 5.41) is 1.30. The molecule has 0 fully saturated rings. The number of carbonyl (C=O) groups is 1. The van der Waals surface area contributed by atoms with Crippen LogP contribution in [-0.2, 0) is 6.54 Å². The van der Waals surface area contributed by atoms with E-state index in [0.717, 1.165) is 21.5 Å². The summed E-state index contributed by atoms with van der Waals surface area (Å²) >= 11 is 7.58. The van der Waals surface area contributed by atoms with Crippen LogP contribution < -0.4 is 9.64 Å². The fourth-order valence-corrected chi connectivity index (χ4v) is 4.25. The van der Waals surface area contributed by atoms with Crippen LogP contribution in [0.5, 0.6) is 5.75 Å². The summed E-state index contributed by atoms with van der Waals surface area (Å²) in [5.41, 5.74) is 2.44. The fraction of sp³-hybridized carbons (Fsp3) is 0.130. The maximum atomic E-state index is 13.4. The van der Waals surface area contributed by atoms with Crippen LogP contribution in [0.15, 0.2) is 72.8 Å². The molecular weight excluding hydrogens is 404 g/mol. The molecule has 4 aromatic rings. The third kappa shape index (κ3) is 4.42. The first-order chi connectivity index (χ1) is 14.1. The summed E-state index contributed by atoms with van der Waals surface area (Å²) in [4.78, 5) is 19.8. The number of carbonyl (C=O) groups excluding carboxylic acids is 1. The molecule has 1 aromatic heterocycles. The van der Waals surface area contributed by atoms with Crippen LogP contribution in [0.1, 0.15) is 22.8 Å². The number of amides is 1. The van der Waals surface area contributed by atoms with Gasteiger partial charge in [-0.2, -0.15) is 0 Å². The quantitative estimate of drug-likeness (QED) is 0.371. The second kappa shape index (κ2) is 8.64. The zero-order chi connectivity index (χ0) is 20.2. The lowest BCUT2D eigenvalue weighted by molar-refractivity contribution is 0.0985. The number of anilines is 1. The molecule has 0 spiro atoms. The van der Waals surface area contributed by atoms with Gasteiger partial charge in [0.15, 0.2) is 5.13 Å². The van der Waals surface area contributed by atoms with Crippen molar-refractivity contribution in [2.45, 2.75) is 13.5 Å². The molecule has 1 heterocycles. The van der Waals surface area contributed by atoms with Crippen LogP contribution >= 0.6 is 22.9 Å². The molecule has 0 saturated carbocycles. The largest absolute Gasteiger partial charge is 0.494 e. The van der Waals surface area contributed by atoms with Crippen molar-refractivity contribution in [2.24, 2.45) is 0 Å². The van der Waals surface area contributed by atoms with Gasteiger partial charge in [0.05, 0.1) is 23.4 Å². The molecule has 0 atom stereocenters. The molecule has 0 aliphatic carbocycles. The van der Waals surface area contributed by atoms with Crippen LogP contribution in [0.2, 0.25) is 5.02 Å². The first-order valence-electron chi connectivity index (χ1n) is 9.29. The van der Waals surface area contributed by atoms with E-state index in [9.17, 15) is 4.79 Å². The van der Waals surface area contributed by atoms with Gasteiger partial charge in [0.2, 0.25) is 0 Å². The van der Waals surface area contributed by atoms with E-state index < -0.39 is 0 Å². The SMILES string of the molecule is CCOc1ccc(C(=O)N(Cc2ccccc2)c2nc3ccc(Cl)cc3s2)cc1. The molecule has 4 nitrogen and oxygen atoms in total. The van der Waals surface area contributed by atoms with Gasteiger partial charge >= 0.3 is 0 Å². The van der Waals surface area contributed by atoms with Gasteiger partial charge < -0.3 is 4.74 Å². The fourth-order valence-electron chi connectivity index (χ4n) is 3.01. The predicted octanol–water partition coefficient (Wildman–Crippen LogP) is 6.20. The van der Waals surface area contributed by atoms with Crippen LogP contribution in [0.4, 0.5) is 5.13 Å². The van der Waals surface area contributed by atoms with Crippen LogP contribution in [0, 0.1) is 0 Å². The van der Waals surface area contributed by atoms with Crippen LogP contribution in [0.3, 0.4) is 0 Å². The smallest absolute Gasteiger partial charge is 0.260 e. The lowest BCUT2D eigenvalue weighted by atomic mass is 10.1. The third-order valence-corrected chi connectivity index (χ3v) is 5.69. The molecule has 0 saturated heterocycles. The highest BCUT2D eigenvalue weighted by molar-refractivity contribution is 7.22. The molecule has 4 rings (SSSR count). The van der Waals surface area contributed by atoms with E-state index >= 15 is 0 Å². The van der Waals surface area contributed by atoms with Crippen molar-refractivity contribution < 1.29 is 9.53 Å². The standard InChI is InChI=1S/C23H19ClN2O2S/c1-2-28-19-11-8-17(9-12-19)22(27)26(15-16-6-4-3-5-7-16)23-25-20-13-10-18(24)14-21(20)29-23/h3-14H,2,15H2,1H3. The maximum Gasteiger partial charge on any atom is 0.260 e. The number of hydrogen-bond acceptors (Lipinski definition) is 4. The normalized spacial score (nSPS) is 10.8. The van der Waals surface area contributed by atoms with Crippen molar-refractivity contribution in [1.82, 2.24) is 4.98 Å². The maximum absolute atomic E-state index is 13.4. The van der Waals surface area contributed by atoms with Gasteiger partial charge in [-0.1, -0.05) is 53.3 Å². The third-order valence-electron chi connectivity index (χ3n) is 4.41. The van der Waals surface area contributed by atoms with E-state index in [0.29, 0.717) is 28.9 Å². The Bertz CT molecular complexity index is 1130. The first-order valence-corrected chi connectivity index (χ1v) is 10.5. The summed E-state index contributed by atoms with van der Waals surface area (Å²) in [6.07, 6.45) is 0. The Morgan fingerprint density at radius 2 is 1.83 bits per heavy atom. The minimum Gasteiger partial charge on any atom is -0.494 e. The van der Waals surface area contributed by atoms with Gasteiger partial charge in [-0.3, -0.25) is 9.69 Å². The lowest BCUT2D eigenvalue weighted by Gasteiger charge is -2.20. The second-order valence-electron chi connectivity index (χ2n) is 6.44. The van der Waals surface area contributed by atoms with Gasteiger partial charge in [-0.25, -0.2) is 4.98 Å².